The highest BCUT2D eigenvalue weighted by atomic mass is 35.5. The smallest absolute Gasteiger partial charge is 0.137 e. The molecule has 2 saturated heterocycles. The third kappa shape index (κ3) is 2.56. The molecule has 2 atom stereocenters. The highest BCUT2D eigenvalue weighted by Gasteiger charge is 2.37. The molecule has 1 N–H and O–H groups in total. The summed E-state index contributed by atoms with van der Waals surface area (Å²) in [5.74, 6) is 0.945. The van der Waals surface area contributed by atoms with Crippen LogP contribution in [0.1, 0.15) is 38.2 Å². The molecule has 1 aromatic heterocycles. The summed E-state index contributed by atoms with van der Waals surface area (Å²) in [6.07, 6.45) is 7.39. The van der Waals surface area contributed by atoms with Crippen LogP contribution in [0.4, 0.5) is 5.82 Å². The van der Waals surface area contributed by atoms with Gasteiger partial charge in [-0.05, 0) is 32.2 Å². The Morgan fingerprint density at radius 2 is 2.26 bits per heavy atom. The Bertz CT molecular complexity index is 451. The Balaban J connectivity index is 1.77. The lowest BCUT2D eigenvalue weighted by atomic mass is 10.1. The zero-order chi connectivity index (χ0) is 13.2. The van der Waals surface area contributed by atoms with E-state index >= 15 is 0 Å². The first-order valence-corrected chi connectivity index (χ1v) is 7.67. The monoisotopic (exact) mass is 280 g/mol. The van der Waals surface area contributed by atoms with Crippen LogP contribution in [0.25, 0.3) is 0 Å². The topological polar surface area (TPSA) is 41.1 Å². The van der Waals surface area contributed by atoms with Gasteiger partial charge in [-0.1, -0.05) is 24.9 Å². The van der Waals surface area contributed by atoms with Crippen LogP contribution in [0.2, 0.25) is 5.15 Å². The number of nitrogens with one attached hydrogen (secondary N) is 1. The molecule has 104 valence electrons. The average molecular weight is 281 g/mol. The maximum Gasteiger partial charge on any atom is 0.137 e. The van der Waals surface area contributed by atoms with Crippen molar-refractivity contribution >= 4 is 17.4 Å². The van der Waals surface area contributed by atoms with E-state index in [0.29, 0.717) is 17.2 Å². The van der Waals surface area contributed by atoms with E-state index in [0.717, 1.165) is 24.2 Å². The maximum atomic E-state index is 6.20. The van der Waals surface area contributed by atoms with E-state index in [4.69, 9.17) is 11.6 Å². The second-order valence-corrected chi connectivity index (χ2v) is 5.88. The Kier molecular flexibility index (Phi) is 3.89. The van der Waals surface area contributed by atoms with Gasteiger partial charge >= 0.3 is 0 Å². The summed E-state index contributed by atoms with van der Waals surface area (Å²) in [5.41, 5.74) is 1.07. The number of hydrogen-bond donors (Lipinski definition) is 1. The summed E-state index contributed by atoms with van der Waals surface area (Å²) in [6.45, 7) is 4.63. The highest BCUT2D eigenvalue weighted by Crippen LogP contribution is 2.31. The van der Waals surface area contributed by atoms with Crippen molar-refractivity contribution in [2.45, 2.75) is 51.1 Å². The summed E-state index contributed by atoms with van der Waals surface area (Å²) in [7, 11) is 0. The van der Waals surface area contributed by atoms with Crippen LogP contribution in [0.5, 0.6) is 0 Å². The third-order valence-electron chi connectivity index (χ3n) is 4.32. The van der Waals surface area contributed by atoms with E-state index in [1.54, 1.807) is 6.33 Å². The van der Waals surface area contributed by atoms with Gasteiger partial charge in [0.2, 0.25) is 0 Å². The van der Waals surface area contributed by atoms with E-state index in [2.05, 4.69) is 27.1 Å². The average Bonchev–Trinajstić information content (AvgIpc) is 2.98. The molecule has 2 fully saturated rings. The number of hydrogen-bond acceptors (Lipinski definition) is 4. The summed E-state index contributed by atoms with van der Waals surface area (Å²) in [4.78, 5) is 11.1. The molecule has 0 spiro atoms. The fraction of sp³-hybridized carbons (Fsp3) is 0.714. The molecule has 2 aliphatic heterocycles. The van der Waals surface area contributed by atoms with Gasteiger partial charge in [0.05, 0.1) is 0 Å². The van der Waals surface area contributed by atoms with Crippen LogP contribution in [0.15, 0.2) is 6.33 Å². The SMILES string of the molecule is CCCc1c(Cl)ncnc1NC1CCN2CCCC12. The van der Waals surface area contributed by atoms with Crippen molar-refractivity contribution in [3.63, 3.8) is 0 Å². The molecular formula is C14H21ClN4. The van der Waals surface area contributed by atoms with E-state index < -0.39 is 0 Å². The Hall–Kier alpha value is -0.870. The standard InChI is InChI=1S/C14H21ClN4/c1-2-4-10-13(15)16-9-17-14(10)18-11-6-8-19-7-3-5-12(11)19/h9,11-12H,2-8H2,1H3,(H,16,17,18). The highest BCUT2D eigenvalue weighted by molar-refractivity contribution is 6.30. The number of aromatic nitrogens is 2. The second-order valence-electron chi connectivity index (χ2n) is 5.53. The van der Waals surface area contributed by atoms with Crippen molar-refractivity contribution < 1.29 is 0 Å². The fourth-order valence-corrected chi connectivity index (χ4v) is 3.64. The predicted molar refractivity (Wildman–Crippen MR) is 77.7 cm³/mol. The van der Waals surface area contributed by atoms with Crippen LogP contribution < -0.4 is 5.32 Å². The van der Waals surface area contributed by atoms with E-state index in [1.165, 1.54) is 32.4 Å². The Morgan fingerprint density at radius 1 is 1.37 bits per heavy atom. The van der Waals surface area contributed by atoms with E-state index in [-0.39, 0.29) is 0 Å². The lowest BCUT2D eigenvalue weighted by Gasteiger charge is -2.23. The van der Waals surface area contributed by atoms with Gasteiger partial charge in [0, 0.05) is 24.2 Å². The minimum atomic E-state index is 0.518. The van der Waals surface area contributed by atoms with Crippen molar-refractivity contribution in [1.29, 1.82) is 0 Å². The maximum absolute atomic E-state index is 6.20. The molecule has 3 heterocycles. The van der Waals surface area contributed by atoms with Gasteiger partial charge in [0.1, 0.15) is 17.3 Å². The molecule has 5 heteroatoms. The number of nitrogens with zero attached hydrogens (tertiary/aromatic N) is 3. The predicted octanol–water partition coefficient (Wildman–Crippen LogP) is 2.73. The van der Waals surface area contributed by atoms with Gasteiger partial charge in [0.25, 0.3) is 0 Å². The molecule has 0 aromatic carbocycles. The first-order chi connectivity index (χ1) is 9.29. The Morgan fingerprint density at radius 3 is 3.11 bits per heavy atom. The van der Waals surface area contributed by atoms with Crippen molar-refractivity contribution in [2.75, 3.05) is 18.4 Å². The minimum absolute atomic E-state index is 0.518. The van der Waals surface area contributed by atoms with Gasteiger partial charge < -0.3 is 5.32 Å². The number of halogens is 1. The van der Waals surface area contributed by atoms with Crippen LogP contribution in [0, 0.1) is 0 Å². The normalized spacial score (nSPS) is 26.6. The molecule has 1 aromatic rings. The minimum Gasteiger partial charge on any atom is -0.365 e. The summed E-state index contributed by atoms with van der Waals surface area (Å²) in [6, 6.07) is 1.20. The molecule has 3 rings (SSSR count). The van der Waals surface area contributed by atoms with Crippen molar-refractivity contribution in [3.8, 4) is 0 Å². The van der Waals surface area contributed by atoms with Gasteiger partial charge in [-0.15, -0.1) is 0 Å². The number of fused-ring (bicyclic) bond motifs is 1. The molecule has 4 nitrogen and oxygen atoms in total. The summed E-state index contributed by atoms with van der Waals surface area (Å²) in [5, 5.41) is 4.23. The first-order valence-electron chi connectivity index (χ1n) is 7.29. The van der Waals surface area contributed by atoms with Gasteiger partial charge in [0.15, 0.2) is 0 Å². The molecule has 0 saturated carbocycles. The van der Waals surface area contributed by atoms with Gasteiger partial charge in [-0.2, -0.15) is 0 Å². The molecule has 2 unspecified atom stereocenters. The van der Waals surface area contributed by atoms with Crippen molar-refractivity contribution in [3.05, 3.63) is 17.0 Å². The van der Waals surface area contributed by atoms with Crippen LogP contribution in [-0.2, 0) is 6.42 Å². The lowest BCUT2D eigenvalue weighted by Crippen LogP contribution is -2.34. The van der Waals surface area contributed by atoms with E-state index in [1.807, 2.05) is 0 Å². The van der Waals surface area contributed by atoms with Crippen LogP contribution in [0.3, 0.4) is 0 Å². The Labute approximate surface area is 119 Å². The summed E-state index contributed by atoms with van der Waals surface area (Å²) < 4.78 is 0. The zero-order valence-electron chi connectivity index (χ0n) is 11.4. The second kappa shape index (κ2) is 5.63. The van der Waals surface area contributed by atoms with Gasteiger partial charge in [-0.25, -0.2) is 9.97 Å². The fourth-order valence-electron chi connectivity index (χ4n) is 3.41. The number of rotatable bonds is 4. The van der Waals surface area contributed by atoms with Crippen molar-refractivity contribution in [1.82, 2.24) is 14.9 Å². The van der Waals surface area contributed by atoms with Crippen LogP contribution >= 0.6 is 11.6 Å². The molecule has 19 heavy (non-hydrogen) atoms. The molecule has 2 aliphatic rings. The largest absolute Gasteiger partial charge is 0.365 e. The molecule has 0 radical (unpaired) electrons. The quantitative estimate of drug-likeness (QED) is 0.861. The zero-order valence-corrected chi connectivity index (χ0v) is 12.2. The van der Waals surface area contributed by atoms with Gasteiger partial charge in [-0.3, -0.25) is 4.90 Å². The lowest BCUT2D eigenvalue weighted by molar-refractivity contribution is 0.318. The number of anilines is 1. The molecular weight excluding hydrogens is 260 g/mol. The van der Waals surface area contributed by atoms with E-state index in [9.17, 15) is 0 Å². The third-order valence-corrected chi connectivity index (χ3v) is 4.65. The molecule has 0 bridgehead atoms. The molecule has 0 aliphatic carbocycles. The van der Waals surface area contributed by atoms with Crippen LogP contribution in [-0.4, -0.2) is 40.0 Å². The molecule has 0 amide bonds. The first kappa shape index (κ1) is 13.1. The van der Waals surface area contributed by atoms with Crippen molar-refractivity contribution in [2.24, 2.45) is 0 Å². The summed E-state index contributed by atoms with van der Waals surface area (Å²) >= 11 is 6.20.